The van der Waals surface area contributed by atoms with Gasteiger partial charge in [0.1, 0.15) is 0 Å². The molecule has 0 N–H and O–H groups in total. The molecule has 2 heteroatoms. The van der Waals surface area contributed by atoms with E-state index in [9.17, 15) is 0 Å². The smallest absolute Gasteiger partial charge is 0.0853 e. The molecule has 120 valence electrons. The fourth-order valence-electron chi connectivity index (χ4n) is 6.39. The minimum atomic E-state index is 0.307. The molecule has 2 heterocycles. The summed E-state index contributed by atoms with van der Waals surface area (Å²) in [5.74, 6) is 3.11. The Morgan fingerprint density at radius 2 is 1.67 bits per heavy atom. The normalized spacial score (nSPS) is 49.7. The Hall–Kier alpha value is 0.310. The Bertz CT molecular complexity index is 445. The number of thioether (sulfide) groups is 1. The van der Waals surface area contributed by atoms with Crippen LogP contribution >= 0.6 is 11.8 Å². The van der Waals surface area contributed by atoms with Gasteiger partial charge in [-0.3, -0.25) is 4.90 Å². The fraction of sp³-hybridized carbons (Fsp3) is 1.00. The van der Waals surface area contributed by atoms with Gasteiger partial charge in [0.05, 0.1) is 4.87 Å². The van der Waals surface area contributed by atoms with Gasteiger partial charge in [-0.05, 0) is 56.8 Å². The molecule has 0 bridgehead atoms. The predicted molar refractivity (Wildman–Crippen MR) is 92.5 cm³/mol. The Labute approximate surface area is 135 Å². The van der Waals surface area contributed by atoms with Gasteiger partial charge in [-0.15, -0.1) is 11.8 Å². The largest absolute Gasteiger partial charge is 0.279 e. The quantitative estimate of drug-likeness (QED) is 0.569. The number of rotatable bonds is 0. The average molecular weight is 308 g/mol. The molecule has 0 spiro atoms. The summed E-state index contributed by atoms with van der Waals surface area (Å²) in [4.78, 5) is 3.43. The Balaban J connectivity index is 1.74. The lowest BCUT2D eigenvalue weighted by atomic mass is 9.74. The van der Waals surface area contributed by atoms with Crippen LogP contribution in [0.25, 0.3) is 0 Å². The number of hydrogen-bond acceptors (Lipinski definition) is 2. The Kier molecular flexibility index (Phi) is 3.00. The van der Waals surface area contributed by atoms with E-state index in [0.717, 1.165) is 29.0 Å². The van der Waals surface area contributed by atoms with Crippen molar-refractivity contribution in [1.29, 1.82) is 0 Å². The lowest BCUT2D eigenvalue weighted by molar-refractivity contribution is 0.0143. The first-order chi connectivity index (χ1) is 9.68. The highest BCUT2D eigenvalue weighted by Crippen LogP contribution is 2.77. The van der Waals surface area contributed by atoms with Crippen molar-refractivity contribution in [3.8, 4) is 0 Å². The molecule has 2 aliphatic heterocycles. The topological polar surface area (TPSA) is 3.24 Å². The summed E-state index contributed by atoms with van der Waals surface area (Å²) in [5, 5.41) is 0.926. The molecule has 6 atom stereocenters. The van der Waals surface area contributed by atoms with Crippen molar-refractivity contribution in [2.45, 2.75) is 95.3 Å². The minimum Gasteiger partial charge on any atom is -0.279 e. The minimum absolute atomic E-state index is 0.307. The van der Waals surface area contributed by atoms with Crippen molar-refractivity contribution in [3.63, 3.8) is 0 Å². The van der Waals surface area contributed by atoms with Crippen molar-refractivity contribution in [1.82, 2.24) is 4.90 Å². The number of fused-ring (bicyclic) bond motifs is 5. The molecular formula is C19H33NS. The third-order valence-electron chi connectivity index (χ3n) is 6.92. The number of nitrogens with zero attached hydrogens (tertiary/aromatic N) is 1. The van der Waals surface area contributed by atoms with E-state index in [0.29, 0.717) is 15.8 Å². The zero-order chi connectivity index (χ0) is 15.2. The number of likely N-dealkylation sites (tertiary alicyclic amines) is 1. The number of hydrogen-bond donors (Lipinski definition) is 0. The van der Waals surface area contributed by atoms with E-state index in [4.69, 9.17) is 0 Å². The second-order valence-corrected chi connectivity index (χ2v) is 11.5. The Morgan fingerprint density at radius 3 is 2.29 bits per heavy atom. The molecule has 0 amide bonds. The fourth-order valence-corrected chi connectivity index (χ4v) is 8.75. The first-order valence-corrected chi connectivity index (χ1v) is 10.0. The molecule has 0 aromatic heterocycles. The second kappa shape index (κ2) is 4.23. The van der Waals surface area contributed by atoms with Crippen LogP contribution in [0, 0.1) is 23.2 Å². The summed E-state index contributed by atoms with van der Waals surface area (Å²) < 4.78 is 0. The molecule has 2 saturated carbocycles. The van der Waals surface area contributed by atoms with Crippen molar-refractivity contribution < 1.29 is 0 Å². The van der Waals surface area contributed by atoms with E-state index >= 15 is 0 Å². The van der Waals surface area contributed by atoms with Gasteiger partial charge in [-0.2, -0.15) is 0 Å². The van der Waals surface area contributed by atoms with Gasteiger partial charge >= 0.3 is 0 Å². The summed E-state index contributed by atoms with van der Waals surface area (Å²) in [6.45, 7) is 14.8. The maximum absolute atomic E-state index is 3.00. The molecule has 0 aromatic carbocycles. The van der Waals surface area contributed by atoms with Gasteiger partial charge in [0.2, 0.25) is 0 Å². The summed E-state index contributed by atoms with van der Waals surface area (Å²) in [5.41, 5.74) is 0.700. The molecule has 21 heavy (non-hydrogen) atoms. The third-order valence-corrected chi connectivity index (χ3v) is 9.00. The lowest BCUT2D eigenvalue weighted by Crippen LogP contribution is -2.56. The first kappa shape index (κ1) is 14.9. The van der Waals surface area contributed by atoms with E-state index in [1.165, 1.54) is 32.1 Å². The van der Waals surface area contributed by atoms with E-state index in [1.54, 1.807) is 0 Å². The zero-order valence-electron chi connectivity index (χ0n) is 14.8. The average Bonchev–Trinajstić information content (AvgIpc) is 2.85. The maximum atomic E-state index is 3.00. The lowest BCUT2D eigenvalue weighted by Gasteiger charge is -2.48. The standard InChI is InChI=1S/C19H33NS/c1-17(2,3)19-16(21-19)15-13-10-8-7-9-12(13)11-14(15)20(19)18(4,5)6/h12-16H,7-11H2,1-6H3. The first-order valence-electron chi connectivity index (χ1n) is 9.15. The molecular weight excluding hydrogens is 274 g/mol. The van der Waals surface area contributed by atoms with Gasteiger partial charge in [0.25, 0.3) is 0 Å². The van der Waals surface area contributed by atoms with Crippen LogP contribution in [0.2, 0.25) is 0 Å². The van der Waals surface area contributed by atoms with Crippen molar-refractivity contribution in [2.24, 2.45) is 23.2 Å². The van der Waals surface area contributed by atoms with Gasteiger partial charge in [0.15, 0.2) is 0 Å². The molecule has 4 aliphatic rings. The highest BCUT2D eigenvalue weighted by molar-refractivity contribution is 8.08. The highest BCUT2D eigenvalue weighted by Gasteiger charge is 2.79. The van der Waals surface area contributed by atoms with Crippen molar-refractivity contribution in [2.75, 3.05) is 0 Å². The van der Waals surface area contributed by atoms with Crippen molar-refractivity contribution in [3.05, 3.63) is 0 Å². The molecule has 0 aromatic rings. The van der Waals surface area contributed by atoms with Crippen LogP contribution in [-0.4, -0.2) is 26.6 Å². The predicted octanol–water partition coefficient (Wildman–Crippen LogP) is 5.15. The van der Waals surface area contributed by atoms with E-state index in [2.05, 4.69) is 58.2 Å². The van der Waals surface area contributed by atoms with Crippen LogP contribution in [0.4, 0.5) is 0 Å². The molecule has 0 radical (unpaired) electrons. The highest BCUT2D eigenvalue weighted by atomic mass is 32.2. The molecule has 2 aliphatic carbocycles. The van der Waals surface area contributed by atoms with Crippen LogP contribution in [0.1, 0.15) is 73.6 Å². The Morgan fingerprint density at radius 1 is 1.00 bits per heavy atom. The molecule has 4 fully saturated rings. The van der Waals surface area contributed by atoms with Crippen molar-refractivity contribution >= 4 is 11.8 Å². The van der Waals surface area contributed by atoms with Crippen LogP contribution < -0.4 is 0 Å². The summed E-state index contributed by atoms with van der Waals surface area (Å²) in [7, 11) is 0. The van der Waals surface area contributed by atoms with Gasteiger partial charge < -0.3 is 0 Å². The van der Waals surface area contributed by atoms with Crippen LogP contribution in [0.3, 0.4) is 0 Å². The molecule has 4 rings (SSSR count). The van der Waals surface area contributed by atoms with Crippen LogP contribution in [0.15, 0.2) is 0 Å². The second-order valence-electron chi connectivity index (χ2n) is 10.1. The SMILES string of the molecule is CC(C)(C)N1C2CC3CCCCC3C2C2SC21C(C)(C)C. The van der Waals surface area contributed by atoms with Gasteiger partial charge in [-0.1, -0.05) is 40.0 Å². The monoisotopic (exact) mass is 307 g/mol. The van der Waals surface area contributed by atoms with E-state index in [1.807, 2.05) is 0 Å². The third kappa shape index (κ3) is 1.81. The maximum Gasteiger partial charge on any atom is 0.0853 e. The zero-order valence-corrected chi connectivity index (χ0v) is 15.6. The van der Waals surface area contributed by atoms with Crippen LogP contribution in [0.5, 0.6) is 0 Å². The van der Waals surface area contributed by atoms with Gasteiger partial charge in [0, 0.05) is 16.8 Å². The van der Waals surface area contributed by atoms with E-state index < -0.39 is 0 Å². The summed E-state index contributed by atoms with van der Waals surface area (Å²) >= 11 is 2.33. The van der Waals surface area contributed by atoms with Gasteiger partial charge in [-0.25, -0.2) is 0 Å². The summed E-state index contributed by atoms with van der Waals surface area (Å²) in [6, 6.07) is 0.878. The summed E-state index contributed by atoms with van der Waals surface area (Å²) in [6.07, 6.45) is 7.55. The molecule has 6 unspecified atom stereocenters. The molecule has 2 saturated heterocycles. The van der Waals surface area contributed by atoms with Crippen LogP contribution in [-0.2, 0) is 0 Å². The van der Waals surface area contributed by atoms with E-state index in [-0.39, 0.29) is 0 Å². The molecule has 1 nitrogen and oxygen atoms in total.